The van der Waals surface area contributed by atoms with Crippen LogP contribution >= 0.6 is 0 Å². The molecular formula is C44H58N14O5S2. The molecule has 4 N–H and O–H groups in total. The lowest BCUT2D eigenvalue weighted by Crippen LogP contribution is -2.36. The van der Waals surface area contributed by atoms with Crippen LogP contribution in [0.5, 0.6) is 0 Å². The SMILES string of the molecule is CC(c1cc(S(=O)(=O)c2nc(Nc3c4c(cc5c3CCC5)CCC4)n[nH]2)nn1C)N(C)C.CC(c1cc(S(=O)(=O)c2nc(Nc3c4c(cc5c3CCC5)CCC4)n[nH]2)nn1C)[N+](C)(C)[O-]. The molecule has 0 amide bonds. The number of nitrogens with one attached hydrogen (secondary N) is 4. The Balaban J connectivity index is 0.000000164. The number of rotatable bonds is 12. The van der Waals surface area contributed by atoms with Crippen molar-refractivity contribution in [3.05, 3.63) is 85.4 Å². The lowest BCUT2D eigenvalue weighted by molar-refractivity contribution is -0.871. The zero-order chi connectivity index (χ0) is 46.2. The first-order valence-electron chi connectivity index (χ1n) is 22.3. The number of aromatic nitrogens is 10. The molecule has 4 aromatic heterocycles. The van der Waals surface area contributed by atoms with Crippen molar-refractivity contribution in [3.63, 3.8) is 0 Å². The van der Waals surface area contributed by atoms with Crippen molar-refractivity contribution >= 4 is 42.9 Å². The summed E-state index contributed by atoms with van der Waals surface area (Å²) in [6, 6.07) is 7.27. The summed E-state index contributed by atoms with van der Waals surface area (Å²) in [6.45, 7) is 3.74. The molecule has 4 heterocycles. The van der Waals surface area contributed by atoms with Gasteiger partial charge in [-0.1, -0.05) is 12.1 Å². The fourth-order valence-corrected chi connectivity index (χ4v) is 11.9. The average Bonchev–Trinajstić information content (AvgIpc) is 4.10. The molecular weight excluding hydrogens is 869 g/mol. The molecule has 346 valence electrons. The summed E-state index contributed by atoms with van der Waals surface area (Å²) in [7, 11) is 2.35. The van der Waals surface area contributed by atoms with Crippen LogP contribution in [0.4, 0.5) is 23.3 Å². The van der Waals surface area contributed by atoms with Gasteiger partial charge in [-0.2, -0.15) is 20.2 Å². The number of sulfone groups is 2. The van der Waals surface area contributed by atoms with Gasteiger partial charge in [0.1, 0.15) is 6.04 Å². The Kier molecular flexibility index (Phi) is 11.5. The molecule has 65 heavy (non-hydrogen) atoms. The number of aromatic amines is 2. The summed E-state index contributed by atoms with van der Waals surface area (Å²) < 4.78 is 55.2. The quantitative estimate of drug-likeness (QED) is 0.0884. The predicted octanol–water partition coefficient (Wildman–Crippen LogP) is 5.44. The van der Waals surface area contributed by atoms with E-state index >= 15 is 0 Å². The number of benzene rings is 2. The van der Waals surface area contributed by atoms with E-state index in [0.29, 0.717) is 5.69 Å². The summed E-state index contributed by atoms with van der Waals surface area (Å²) >= 11 is 0. The molecule has 2 aromatic carbocycles. The smallest absolute Gasteiger partial charge is 0.260 e. The molecule has 0 saturated heterocycles. The van der Waals surface area contributed by atoms with E-state index in [2.05, 4.69) is 63.3 Å². The number of H-pyrrole nitrogens is 2. The first kappa shape index (κ1) is 44.7. The molecule has 2 atom stereocenters. The highest BCUT2D eigenvalue weighted by Crippen LogP contribution is 2.41. The third kappa shape index (κ3) is 8.25. The minimum atomic E-state index is -4.02. The zero-order valence-electron chi connectivity index (χ0n) is 38.3. The number of nitrogens with zero attached hydrogens (tertiary/aromatic N) is 10. The Bertz CT molecular complexity index is 2970. The first-order valence-corrected chi connectivity index (χ1v) is 25.3. The van der Waals surface area contributed by atoms with Crippen LogP contribution < -0.4 is 10.6 Å². The van der Waals surface area contributed by atoms with Gasteiger partial charge in [-0.05, 0) is 150 Å². The number of hydroxylamine groups is 3. The van der Waals surface area contributed by atoms with Gasteiger partial charge in [0.05, 0.1) is 25.5 Å². The van der Waals surface area contributed by atoms with E-state index in [1.54, 1.807) is 31.8 Å². The monoisotopic (exact) mass is 926 g/mol. The molecule has 4 aliphatic rings. The van der Waals surface area contributed by atoms with Crippen LogP contribution in [0.15, 0.2) is 44.6 Å². The highest BCUT2D eigenvalue weighted by atomic mass is 32.2. The highest BCUT2D eigenvalue weighted by molar-refractivity contribution is 7.91. The van der Waals surface area contributed by atoms with E-state index in [1.165, 1.54) is 69.4 Å². The molecule has 0 fully saturated rings. The molecule has 19 nitrogen and oxygen atoms in total. The third-order valence-electron chi connectivity index (χ3n) is 13.8. The van der Waals surface area contributed by atoms with Gasteiger partial charge in [-0.25, -0.2) is 27.0 Å². The number of anilines is 4. The Labute approximate surface area is 379 Å². The number of hydrogen-bond donors (Lipinski definition) is 4. The van der Waals surface area contributed by atoms with Gasteiger partial charge in [0.15, 0.2) is 10.1 Å². The van der Waals surface area contributed by atoms with Crippen LogP contribution in [0.3, 0.4) is 0 Å². The van der Waals surface area contributed by atoms with Crippen molar-refractivity contribution in [3.8, 4) is 0 Å². The second-order valence-corrected chi connectivity index (χ2v) is 22.1. The fourth-order valence-electron chi connectivity index (χ4n) is 9.74. The number of aryl methyl sites for hydroxylation is 6. The molecule has 6 aromatic rings. The van der Waals surface area contributed by atoms with E-state index in [4.69, 9.17) is 0 Å². The van der Waals surface area contributed by atoms with Crippen molar-refractivity contribution in [1.29, 1.82) is 0 Å². The molecule has 21 heteroatoms. The van der Waals surface area contributed by atoms with Gasteiger partial charge in [-0.3, -0.25) is 9.36 Å². The molecule has 0 bridgehead atoms. The van der Waals surface area contributed by atoms with Crippen molar-refractivity contribution in [2.24, 2.45) is 14.1 Å². The maximum atomic E-state index is 13.2. The molecule has 0 aliphatic heterocycles. The van der Waals surface area contributed by atoms with E-state index in [-0.39, 0.29) is 38.3 Å². The van der Waals surface area contributed by atoms with Gasteiger partial charge < -0.3 is 25.4 Å². The maximum absolute atomic E-state index is 13.2. The van der Waals surface area contributed by atoms with Crippen LogP contribution in [-0.2, 0) is 85.1 Å². The zero-order valence-corrected chi connectivity index (χ0v) is 39.9. The maximum Gasteiger partial charge on any atom is 0.260 e. The minimum Gasteiger partial charge on any atom is -0.633 e. The highest BCUT2D eigenvalue weighted by Gasteiger charge is 2.32. The largest absolute Gasteiger partial charge is 0.633 e. The fraction of sp³-hybridized carbons (Fsp3) is 0.500. The van der Waals surface area contributed by atoms with Crippen LogP contribution in [0.2, 0.25) is 0 Å². The van der Waals surface area contributed by atoms with E-state index in [9.17, 15) is 22.0 Å². The third-order valence-corrected chi connectivity index (χ3v) is 16.6. The summed E-state index contributed by atoms with van der Waals surface area (Å²) in [5, 5.41) is 40.2. The summed E-state index contributed by atoms with van der Waals surface area (Å²) in [5.41, 5.74) is 14.2. The predicted molar refractivity (Wildman–Crippen MR) is 244 cm³/mol. The summed E-state index contributed by atoms with van der Waals surface area (Å²) in [5.74, 6) is 0.501. The Morgan fingerprint density at radius 2 is 1.00 bits per heavy atom. The Morgan fingerprint density at radius 1 is 0.631 bits per heavy atom. The molecule has 0 saturated carbocycles. The lowest BCUT2D eigenvalue weighted by Gasteiger charge is -2.39. The van der Waals surface area contributed by atoms with Gasteiger partial charge in [0, 0.05) is 43.6 Å². The number of quaternary nitrogens is 1. The second kappa shape index (κ2) is 16.7. The Hall–Kier alpha value is -5.48. The molecule has 10 rings (SSSR count). The molecule has 2 unspecified atom stereocenters. The lowest BCUT2D eigenvalue weighted by atomic mass is 9.99. The van der Waals surface area contributed by atoms with E-state index < -0.39 is 30.4 Å². The number of hydrogen-bond acceptors (Lipinski definition) is 14. The topological polar surface area (TPSA) is 237 Å². The van der Waals surface area contributed by atoms with Crippen molar-refractivity contribution in [2.45, 2.75) is 123 Å². The normalized spacial score (nSPS) is 16.5. The van der Waals surface area contributed by atoms with Crippen molar-refractivity contribution < 1.29 is 21.5 Å². The van der Waals surface area contributed by atoms with Crippen LogP contribution in [-0.4, -0.2) is 104 Å². The minimum absolute atomic E-state index is 0.0191. The second-order valence-electron chi connectivity index (χ2n) is 18.5. The van der Waals surface area contributed by atoms with E-state index in [1.807, 2.05) is 25.9 Å². The van der Waals surface area contributed by atoms with Crippen LogP contribution in [0, 0.1) is 5.21 Å². The molecule has 0 spiro atoms. The number of fused-ring (bicyclic) bond motifs is 4. The van der Waals surface area contributed by atoms with Crippen LogP contribution in [0.25, 0.3) is 0 Å². The molecule has 0 radical (unpaired) electrons. The average molecular weight is 927 g/mol. The van der Waals surface area contributed by atoms with Gasteiger partial charge in [0.25, 0.3) is 30.0 Å². The molecule has 4 aliphatic carbocycles. The van der Waals surface area contributed by atoms with Crippen LogP contribution in [0.1, 0.15) is 108 Å². The standard InChI is InChI=1S/C22H29N7O3S.C22H29N7O2S/c1-13(29(3,4)30)18-12-19(27-28(18)2)33(31,32)22-24-21(25-26-22)23-20-16-9-5-7-14(16)11-15-8-6-10-17(15)20;1-13(28(2)3)18-12-19(27-29(18)4)32(30,31)22-24-21(25-26-22)23-20-16-9-5-7-14(16)11-15-8-6-10-17(15)20/h11-13H,5-10H2,1-4H3,(H2,23,24,25,26);11-13H,5-10H2,1-4H3,(H2,23,24,25,26). The van der Waals surface area contributed by atoms with Gasteiger partial charge in [0.2, 0.25) is 11.9 Å². The summed E-state index contributed by atoms with van der Waals surface area (Å²) in [4.78, 5) is 10.6. The van der Waals surface area contributed by atoms with Crippen molar-refractivity contribution in [1.82, 2.24) is 54.8 Å². The van der Waals surface area contributed by atoms with Gasteiger partial charge in [-0.15, -0.1) is 10.2 Å². The summed E-state index contributed by atoms with van der Waals surface area (Å²) in [6.07, 6.45) is 12.9. The Morgan fingerprint density at radius 3 is 1.37 bits per heavy atom. The first-order chi connectivity index (χ1) is 30.8. The van der Waals surface area contributed by atoms with Gasteiger partial charge >= 0.3 is 0 Å². The van der Waals surface area contributed by atoms with Crippen molar-refractivity contribution in [2.75, 3.05) is 38.8 Å². The van der Waals surface area contributed by atoms with E-state index in [0.717, 1.165) is 94.1 Å².